The van der Waals surface area contributed by atoms with Gasteiger partial charge in [-0.3, -0.25) is 9.59 Å². The molecule has 0 saturated carbocycles. The van der Waals surface area contributed by atoms with Crippen molar-refractivity contribution in [2.45, 2.75) is 33.2 Å². The van der Waals surface area contributed by atoms with Gasteiger partial charge >= 0.3 is 0 Å². The second kappa shape index (κ2) is 8.19. The number of rotatable bonds is 8. The third-order valence-electron chi connectivity index (χ3n) is 3.50. The molecule has 2 N–H and O–H groups in total. The van der Waals surface area contributed by atoms with Gasteiger partial charge in [0.25, 0.3) is 0 Å². The van der Waals surface area contributed by atoms with Crippen LogP contribution in [-0.4, -0.2) is 50.0 Å². The lowest BCUT2D eigenvalue weighted by molar-refractivity contribution is -0.132. The topological polar surface area (TPSA) is 107 Å². The zero-order chi connectivity index (χ0) is 17.5. The quantitative estimate of drug-likeness (QED) is 0.779. The summed E-state index contributed by atoms with van der Waals surface area (Å²) >= 11 is 0. The zero-order valence-electron chi connectivity index (χ0n) is 14.0. The van der Waals surface area contributed by atoms with Crippen molar-refractivity contribution in [2.24, 2.45) is 5.73 Å². The number of hydrogen-bond donors (Lipinski definition) is 1. The highest BCUT2D eigenvalue weighted by Crippen LogP contribution is 2.14. The molecular weight excluding hydrogens is 308 g/mol. The summed E-state index contributed by atoms with van der Waals surface area (Å²) in [5.41, 5.74) is 6.33. The maximum absolute atomic E-state index is 12.3. The van der Waals surface area contributed by atoms with Crippen LogP contribution < -0.4 is 5.73 Å². The third kappa shape index (κ3) is 4.37. The number of primary amides is 1. The van der Waals surface area contributed by atoms with E-state index in [1.807, 2.05) is 18.7 Å². The van der Waals surface area contributed by atoms with Crippen LogP contribution in [0.2, 0.25) is 0 Å². The van der Waals surface area contributed by atoms with Gasteiger partial charge in [-0.1, -0.05) is 26.0 Å². The van der Waals surface area contributed by atoms with E-state index in [1.54, 1.807) is 24.3 Å². The number of carbonyl (C=O) groups is 2. The largest absolute Gasteiger partial charge is 0.366 e. The fraction of sp³-hybridized carbons (Fsp3) is 0.438. The first-order valence-corrected chi connectivity index (χ1v) is 8.01. The van der Waals surface area contributed by atoms with Gasteiger partial charge < -0.3 is 10.6 Å². The van der Waals surface area contributed by atoms with E-state index in [0.717, 1.165) is 25.9 Å². The number of tetrazole rings is 1. The summed E-state index contributed by atoms with van der Waals surface area (Å²) < 4.78 is 0. The lowest BCUT2D eigenvalue weighted by Gasteiger charge is -2.20. The van der Waals surface area contributed by atoms with Crippen molar-refractivity contribution < 1.29 is 9.59 Å². The Hall–Kier alpha value is -2.77. The first-order valence-electron chi connectivity index (χ1n) is 8.01. The molecule has 0 bridgehead atoms. The molecule has 0 fully saturated rings. The van der Waals surface area contributed by atoms with Crippen LogP contribution in [0.1, 0.15) is 37.0 Å². The summed E-state index contributed by atoms with van der Waals surface area (Å²) in [5.74, 6) is -0.112. The lowest BCUT2D eigenvalue weighted by atomic mass is 10.1. The first kappa shape index (κ1) is 17.6. The maximum atomic E-state index is 12.3. The Morgan fingerprint density at radius 2 is 1.75 bits per heavy atom. The van der Waals surface area contributed by atoms with Crippen molar-refractivity contribution in [1.82, 2.24) is 25.1 Å². The van der Waals surface area contributed by atoms with Gasteiger partial charge in [-0.15, -0.1) is 10.2 Å². The van der Waals surface area contributed by atoms with E-state index in [2.05, 4.69) is 15.4 Å². The monoisotopic (exact) mass is 330 g/mol. The molecule has 2 rings (SSSR count). The minimum absolute atomic E-state index is 0.0215. The number of hydrogen-bond acceptors (Lipinski definition) is 5. The molecule has 8 heteroatoms. The summed E-state index contributed by atoms with van der Waals surface area (Å²) in [5, 5.41) is 12.1. The zero-order valence-corrected chi connectivity index (χ0v) is 14.0. The Morgan fingerprint density at radius 3 is 2.29 bits per heavy atom. The maximum Gasteiger partial charge on any atom is 0.248 e. The van der Waals surface area contributed by atoms with Crippen LogP contribution in [-0.2, 0) is 11.3 Å². The van der Waals surface area contributed by atoms with Gasteiger partial charge in [0.15, 0.2) is 0 Å². The molecule has 8 nitrogen and oxygen atoms in total. The second-order valence-electron chi connectivity index (χ2n) is 5.47. The van der Waals surface area contributed by atoms with Gasteiger partial charge in [0, 0.05) is 24.2 Å². The Kier molecular flexibility index (Phi) is 6.00. The van der Waals surface area contributed by atoms with Crippen LogP contribution in [0.25, 0.3) is 11.4 Å². The van der Waals surface area contributed by atoms with E-state index in [-0.39, 0.29) is 12.5 Å². The number of carbonyl (C=O) groups excluding carboxylic acids is 2. The molecular formula is C16H22N6O2. The average molecular weight is 330 g/mol. The molecule has 128 valence electrons. The molecule has 2 amide bonds. The van der Waals surface area contributed by atoms with Crippen molar-refractivity contribution in [3.63, 3.8) is 0 Å². The van der Waals surface area contributed by atoms with Crippen molar-refractivity contribution in [2.75, 3.05) is 13.1 Å². The molecule has 24 heavy (non-hydrogen) atoms. The molecule has 0 saturated heterocycles. The molecule has 0 aliphatic heterocycles. The van der Waals surface area contributed by atoms with Crippen LogP contribution in [0.15, 0.2) is 24.3 Å². The molecule has 0 unspecified atom stereocenters. The van der Waals surface area contributed by atoms with Gasteiger partial charge in [0.05, 0.1) is 0 Å². The molecule has 1 aromatic carbocycles. The molecule has 0 radical (unpaired) electrons. The normalized spacial score (nSPS) is 10.6. The Balaban J connectivity index is 2.07. The molecule has 0 atom stereocenters. The van der Waals surface area contributed by atoms with Crippen LogP contribution in [0.5, 0.6) is 0 Å². The summed E-state index contributed by atoms with van der Waals surface area (Å²) in [6, 6.07) is 6.61. The fourth-order valence-corrected chi connectivity index (χ4v) is 2.33. The summed E-state index contributed by atoms with van der Waals surface area (Å²) in [6.45, 7) is 5.59. The van der Waals surface area contributed by atoms with E-state index >= 15 is 0 Å². The summed E-state index contributed by atoms with van der Waals surface area (Å²) in [7, 11) is 0. The fourth-order valence-electron chi connectivity index (χ4n) is 2.33. The van der Waals surface area contributed by atoms with E-state index in [4.69, 9.17) is 5.73 Å². The van der Waals surface area contributed by atoms with E-state index in [0.29, 0.717) is 17.0 Å². The number of benzene rings is 1. The van der Waals surface area contributed by atoms with Crippen molar-refractivity contribution in [3.05, 3.63) is 29.8 Å². The summed E-state index contributed by atoms with van der Waals surface area (Å²) in [4.78, 5) is 26.5. The highest BCUT2D eigenvalue weighted by atomic mass is 16.2. The number of amides is 2. The van der Waals surface area contributed by atoms with Gasteiger partial charge in [0.1, 0.15) is 6.54 Å². The minimum atomic E-state index is -0.490. The van der Waals surface area contributed by atoms with Crippen molar-refractivity contribution in [1.29, 1.82) is 0 Å². The highest BCUT2D eigenvalue weighted by molar-refractivity contribution is 5.93. The Bertz CT molecular complexity index is 689. The molecule has 0 spiro atoms. The average Bonchev–Trinajstić information content (AvgIpc) is 3.03. The predicted molar refractivity (Wildman–Crippen MR) is 88.9 cm³/mol. The highest BCUT2D eigenvalue weighted by Gasteiger charge is 2.15. The van der Waals surface area contributed by atoms with Crippen LogP contribution in [0, 0.1) is 0 Å². The van der Waals surface area contributed by atoms with Crippen molar-refractivity contribution >= 4 is 11.8 Å². The lowest BCUT2D eigenvalue weighted by Crippen LogP contribution is -2.35. The molecule has 0 aliphatic rings. The van der Waals surface area contributed by atoms with Gasteiger partial charge in [-0.25, -0.2) is 0 Å². The van der Waals surface area contributed by atoms with Crippen LogP contribution in [0.4, 0.5) is 0 Å². The second-order valence-corrected chi connectivity index (χ2v) is 5.47. The number of aromatic nitrogens is 4. The standard InChI is InChI=1S/C16H22N6O2/c1-3-9-21(10-4-2)14(23)11-22-19-16(18-20-22)13-7-5-12(6-8-13)15(17)24/h5-8H,3-4,9-11H2,1-2H3,(H2,17,24). The molecule has 2 aromatic rings. The van der Waals surface area contributed by atoms with Crippen LogP contribution >= 0.6 is 0 Å². The van der Waals surface area contributed by atoms with Gasteiger partial charge in [0.2, 0.25) is 17.6 Å². The number of nitrogens with zero attached hydrogens (tertiary/aromatic N) is 5. The van der Waals surface area contributed by atoms with Crippen LogP contribution in [0.3, 0.4) is 0 Å². The number of nitrogens with two attached hydrogens (primary N) is 1. The molecule has 1 aromatic heterocycles. The van der Waals surface area contributed by atoms with Gasteiger partial charge in [-0.05, 0) is 30.2 Å². The van der Waals surface area contributed by atoms with Gasteiger partial charge in [-0.2, -0.15) is 4.80 Å². The van der Waals surface area contributed by atoms with Crippen molar-refractivity contribution in [3.8, 4) is 11.4 Å². The third-order valence-corrected chi connectivity index (χ3v) is 3.50. The Labute approximate surface area is 140 Å². The van der Waals surface area contributed by atoms with E-state index in [9.17, 15) is 9.59 Å². The first-order chi connectivity index (χ1) is 11.5. The predicted octanol–water partition coefficient (Wildman–Crippen LogP) is 1.09. The molecule has 0 aliphatic carbocycles. The summed E-state index contributed by atoms with van der Waals surface area (Å²) in [6.07, 6.45) is 1.82. The SMILES string of the molecule is CCCN(CCC)C(=O)Cn1nnc(-c2ccc(C(N)=O)cc2)n1. The Morgan fingerprint density at radius 1 is 1.12 bits per heavy atom. The van der Waals surface area contributed by atoms with E-state index < -0.39 is 5.91 Å². The minimum Gasteiger partial charge on any atom is -0.366 e. The van der Waals surface area contributed by atoms with E-state index in [1.165, 1.54) is 4.80 Å². The smallest absolute Gasteiger partial charge is 0.248 e. The molecule has 1 heterocycles.